The van der Waals surface area contributed by atoms with Gasteiger partial charge in [-0.25, -0.2) is 4.79 Å². The Morgan fingerprint density at radius 2 is 1.87 bits per heavy atom. The van der Waals surface area contributed by atoms with E-state index in [0.717, 1.165) is 20.9 Å². The highest BCUT2D eigenvalue weighted by Gasteiger charge is 2.26. The first-order valence-corrected chi connectivity index (χ1v) is 10.7. The van der Waals surface area contributed by atoms with Crippen molar-refractivity contribution in [1.29, 1.82) is 5.41 Å². The van der Waals surface area contributed by atoms with Gasteiger partial charge >= 0.3 is 6.09 Å². The lowest BCUT2D eigenvalue weighted by Crippen LogP contribution is -2.49. The largest absolute Gasteiger partial charge is 0.453 e. The Bertz CT molecular complexity index is 1000. The molecule has 0 fully saturated rings. The van der Waals surface area contributed by atoms with E-state index in [1.807, 2.05) is 60.7 Å². The van der Waals surface area contributed by atoms with Gasteiger partial charge in [0.25, 0.3) is 0 Å². The number of hydrogen-bond donors (Lipinski definition) is 3. The SMILES string of the molecule is COC(=O)NC(=S)NC1C(=N)C=CC(Sc2ccccc2)=C1Cc1ccc(Cl)cc1. The third-order valence-corrected chi connectivity index (χ3v) is 5.94. The highest BCUT2D eigenvalue weighted by molar-refractivity contribution is 8.03. The van der Waals surface area contributed by atoms with Gasteiger partial charge in [0.1, 0.15) is 0 Å². The molecule has 2 aromatic rings. The summed E-state index contributed by atoms with van der Waals surface area (Å²) in [5, 5.41) is 14.7. The lowest BCUT2D eigenvalue weighted by molar-refractivity contribution is 0.176. The molecule has 0 aliphatic heterocycles. The molecule has 2 aromatic carbocycles. The van der Waals surface area contributed by atoms with Crippen LogP contribution < -0.4 is 10.6 Å². The second kappa shape index (κ2) is 10.4. The van der Waals surface area contributed by atoms with Crippen LogP contribution in [0.4, 0.5) is 4.79 Å². The van der Waals surface area contributed by atoms with Gasteiger partial charge in [0, 0.05) is 14.8 Å². The van der Waals surface area contributed by atoms with Crippen molar-refractivity contribution in [2.24, 2.45) is 0 Å². The maximum absolute atomic E-state index is 11.5. The maximum atomic E-state index is 11.5. The smallest absolute Gasteiger partial charge is 0.413 e. The fourth-order valence-corrected chi connectivity index (χ4v) is 4.23. The van der Waals surface area contributed by atoms with Crippen molar-refractivity contribution in [3.05, 3.63) is 87.8 Å². The van der Waals surface area contributed by atoms with Gasteiger partial charge in [-0.3, -0.25) is 5.32 Å². The monoisotopic (exact) mass is 457 g/mol. The van der Waals surface area contributed by atoms with Gasteiger partial charge in [0.2, 0.25) is 0 Å². The predicted octanol–water partition coefficient (Wildman–Crippen LogP) is 5.12. The lowest BCUT2D eigenvalue weighted by atomic mass is 9.91. The van der Waals surface area contributed by atoms with Gasteiger partial charge < -0.3 is 15.5 Å². The molecule has 30 heavy (non-hydrogen) atoms. The summed E-state index contributed by atoms with van der Waals surface area (Å²) in [7, 11) is 1.27. The minimum atomic E-state index is -0.660. The maximum Gasteiger partial charge on any atom is 0.413 e. The van der Waals surface area contributed by atoms with Crippen LogP contribution >= 0.6 is 35.6 Å². The summed E-state index contributed by atoms with van der Waals surface area (Å²) in [4.78, 5) is 13.6. The summed E-state index contributed by atoms with van der Waals surface area (Å²) in [5.74, 6) is 0. The van der Waals surface area contributed by atoms with E-state index in [1.54, 1.807) is 17.8 Å². The molecular formula is C22H20ClN3O2S2. The zero-order valence-electron chi connectivity index (χ0n) is 16.1. The topological polar surface area (TPSA) is 74.2 Å². The van der Waals surface area contributed by atoms with Crippen LogP contribution in [0, 0.1) is 5.41 Å². The number of alkyl carbamates (subject to hydrolysis) is 1. The molecule has 5 nitrogen and oxygen atoms in total. The van der Waals surface area contributed by atoms with Crippen molar-refractivity contribution < 1.29 is 9.53 Å². The number of rotatable bonds is 5. The van der Waals surface area contributed by atoms with Crippen molar-refractivity contribution in [2.75, 3.05) is 7.11 Å². The van der Waals surface area contributed by atoms with E-state index in [2.05, 4.69) is 15.4 Å². The summed E-state index contributed by atoms with van der Waals surface area (Å²) in [6.07, 6.45) is 3.62. The van der Waals surface area contributed by atoms with E-state index in [1.165, 1.54) is 7.11 Å². The number of amides is 1. The molecule has 0 saturated heterocycles. The zero-order chi connectivity index (χ0) is 21.5. The molecule has 1 amide bonds. The standard InChI is InChI=1S/C22H20ClN3O2S2/c1-28-22(27)26-21(29)25-20-17(13-14-7-9-15(23)10-8-14)19(12-11-18(20)24)30-16-5-3-2-4-6-16/h2-12,20,24H,13H2,1H3,(H2,25,26,27,29). The summed E-state index contributed by atoms with van der Waals surface area (Å²) in [5.41, 5.74) is 2.39. The Balaban J connectivity index is 1.93. The van der Waals surface area contributed by atoms with E-state index >= 15 is 0 Å². The zero-order valence-corrected chi connectivity index (χ0v) is 18.5. The first kappa shape index (κ1) is 22.1. The normalized spacial score (nSPS) is 15.7. The van der Waals surface area contributed by atoms with Crippen LogP contribution in [0.15, 0.2) is 82.1 Å². The Kier molecular flexibility index (Phi) is 7.68. The number of thiocarbonyl (C=S) groups is 1. The Labute approximate surface area is 190 Å². The van der Waals surface area contributed by atoms with E-state index < -0.39 is 12.1 Å². The molecule has 0 aromatic heterocycles. The highest BCUT2D eigenvalue weighted by Crippen LogP contribution is 2.35. The fraction of sp³-hybridized carbons (Fsp3) is 0.136. The number of ether oxygens (including phenoxy) is 1. The molecule has 0 bridgehead atoms. The van der Waals surface area contributed by atoms with Crippen LogP contribution in [-0.2, 0) is 11.2 Å². The van der Waals surface area contributed by atoms with E-state index in [0.29, 0.717) is 17.2 Å². The first-order valence-electron chi connectivity index (χ1n) is 9.08. The molecule has 1 atom stereocenters. The van der Waals surface area contributed by atoms with Crippen molar-refractivity contribution in [1.82, 2.24) is 10.6 Å². The van der Waals surface area contributed by atoms with Crippen LogP contribution in [0.25, 0.3) is 0 Å². The molecule has 0 radical (unpaired) electrons. The minimum Gasteiger partial charge on any atom is -0.453 e. The van der Waals surface area contributed by atoms with Gasteiger partial charge in [0.05, 0.1) is 18.9 Å². The average Bonchev–Trinajstić information content (AvgIpc) is 2.74. The number of nitrogens with one attached hydrogen (secondary N) is 3. The molecule has 1 unspecified atom stereocenters. The summed E-state index contributed by atoms with van der Waals surface area (Å²) < 4.78 is 4.60. The average molecular weight is 458 g/mol. The molecule has 0 saturated carbocycles. The molecular weight excluding hydrogens is 438 g/mol. The summed E-state index contributed by atoms with van der Waals surface area (Å²) >= 11 is 12.9. The number of hydrogen-bond acceptors (Lipinski definition) is 5. The van der Waals surface area contributed by atoms with Crippen molar-refractivity contribution >= 4 is 52.5 Å². The Morgan fingerprint density at radius 3 is 2.53 bits per heavy atom. The number of allylic oxidation sites excluding steroid dienone is 1. The van der Waals surface area contributed by atoms with Gasteiger partial charge in [-0.05, 0) is 66.2 Å². The first-order chi connectivity index (χ1) is 14.5. The third-order valence-electron chi connectivity index (χ3n) is 4.35. The number of methoxy groups -OCH3 is 1. The van der Waals surface area contributed by atoms with Gasteiger partial charge in [0.15, 0.2) is 5.11 Å². The molecule has 8 heteroatoms. The predicted molar refractivity (Wildman–Crippen MR) is 126 cm³/mol. The Morgan fingerprint density at radius 1 is 1.17 bits per heavy atom. The molecule has 3 rings (SSSR count). The molecule has 1 aliphatic carbocycles. The molecule has 0 heterocycles. The van der Waals surface area contributed by atoms with Gasteiger partial charge in [-0.15, -0.1) is 0 Å². The van der Waals surface area contributed by atoms with E-state index in [-0.39, 0.29) is 5.11 Å². The highest BCUT2D eigenvalue weighted by atomic mass is 35.5. The minimum absolute atomic E-state index is 0.101. The molecule has 3 N–H and O–H groups in total. The quantitative estimate of drug-likeness (QED) is 0.543. The van der Waals surface area contributed by atoms with Crippen molar-refractivity contribution in [3.8, 4) is 0 Å². The number of thioether (sulfide) groups is 1. The molecule has 1 aliphatic rings. The van der Waals surface area contributed by atoms with Crippen LogP contribution in [-0.4, -0.2) is 30.1 Å². The van der Waals surface area contributed by atoms with Crippen molar-refractivity contribution in [2.45, 2.75) is 17.4 Å². The summed E-state index contributed by atoms with van der Waals surface area (Å²) in [6.45, 7) is 0. The van der Waals surface area contributed by atoms with Gasteiger partial charge in [-0.2, -0.15) is 0 Å². The second-order valence-corrected chi connectivity index (χ2v) is 8.38. The fourth-order valence-electron chi connectivity index (χ4n) is 2.90. The van der Waals surface area contributed by atoms with Crippen molar-refractivity contribution in [3.63, 3.8) is 0 Å². The van der Waals surface area contributed by atoms with Crippen LogP contribution in [0.3, 0.4) is 0 Å². The number of benzene rings is 2. The number of carbonyl (C=O) groups is 1. The lowest BCUT2D eigenvalue weighted by Gasteiger charge is -2.28. The summed E-state index contributed by atoms with van der Waals surface area (Å²) in [6, 6.07) is 17.2. The number of halogens is 1. The van der Waals surface area contributed by atoms with Gasteiger partial charge in [-0.1, -0.05) is 53.7 Å². The van der Waals surface area contributed by atoms with Crippen LogP contribution in [0.1, 0.15) is 5.56 Å². The molecule has 0 spiro atoms. The second-order valence-electron chi connectivity index (χ2n) is 6.42. The van der Waals surface area contributed by atoms with Crippen LogP contribution in [0.5, 0.6) is 0 Å². The number of carbonyl (C=O) groups excluding carboxylic acids is 1. The molecule has 154 valence electrons. The Hall–Kier alpha value is -2.61. The third kappa shape index (κ3) is 5.95. The van der Waals surface area contributed by atoms with Crippen LogP contribution in [0.2, 0.25) is 5.02 Å². The van der Waals surface area contributed by atoms with E-state index in [4.69, 9.17) is 29.2 Å². The van der Waals surface area contributed by atoms with E-state index in [9.17, 15) is 4.79 Å².